The molecule has 7 heteroatoms. The number of aliphatic carboxylic acids is 1. The number of aromatic nitrogens is 2. The lowest BCUT2D eigenvalue weighted by molar-refractivity contribution is -0.138. The lowest BCUT2D eigenvalue weighted by atomic mass is 10.3. The molecule has 1 aromatic rings. The van der Waals surface area contributed by atoms with Gasteiger partial charge in [-0.3, -0.25) is 9.48 Å². The van der Waals surface area contributed by atoms with E-state index in [1.54, 1.807) is 0 Å². The van der Waals surface area contributed by atoms with Crippen LogP contribution in [0.25, 0.3) is 0 Å². The highest BCUT2D eigenvalue weighted by Crippen LogP contribution is 2.28. The third kappa shape index (κ3) is 3.72. The number of carbonyl (C=O) groups excluding carboxylic acids is 1. The molecule has 1 aliphatic carbocycles. The molecular formula is C13H20N4O3. The van der Waals surface area contributed by atoms with Gasteiger partial charge in [0.1, 0.15) is 6.04 Å². The number of nitrogens with zero attached hydrogens (tertiary/aromatic N) is 2. The van der Waals surface area contributed by atoms with Crippen molar-refractivity contribution in [2.45, 2.75) is 51.2 Å². The van der Waals surface area contributed by atoms with Gasteiger partial charge < -0.3 is 15.7 Å². The average Bonchev–Trinajstić information content (AvgIpc) is 3.07. The highest BCUT2D eigenvalue weighted by Gasteiger charge is 2.18. The number of carbonyl (C=O) groups is 2. The highest BCUT2D eigenvalue weighted by atomic mass is 16.4. The second-order valence-electron chi connectivity index (χ2n) is 5.11. The molecule has 0 spiro atoms. The second-order valence-corrected chi connectivity index (χ2v) is 5.11. The summed E-state index contributed by atoms with van der Waals surface area (Å²) in [7, 11) is 0. The summed E-state index contributed by atoms with van der Waals surface area (Å²) in [6.07, 6.45) is 6.74. The summed E-state index contributed by atoms with van der Waals surface area (Å²) in [5.41, 5.74) is 0.773. The molecule has 2 amide bonds. The van der Waals surface area contributed by atoms with Crippen LogP contribution in [0.3, 0.4) is 0 Å². The van der Waals surface area contributed by atoms with Gasteiger partial charge in [0.2, 0.25) is 0 Å². The molecule has 2 rings (SSSR count). The average molecular weight is 280 g/mol. The number of hydrogen-bond donors (Lipinski definition) is 3. The van der Waals surface area contributed by atoms with Crippen LogP contribution in [0.4, 0.5) is 4.79 Å². The number of rotatable bonds is 5. The molecule has 0 aromatic carbocycles. The van der Waals surface area contributed by atoms with Crippen LogP contribution in [-0.4, -0.2) is 32.9 Å². The predicted molar refractivity (Wildman–Crippen MR) is 72.2 cm³/mol. The summed E-state index contributed by atoms with van der Waals surface area (Å²) in [5.74, 6) is -1.06. The lowest BCUT2D eigenvalue weighted by Crippen LogP contribution is -2.44. The van der Waals surface area contributed by atoms with Crippen molar-refractivity contribution in [2.75, 3.05) is 0 Å². The minimum absolute atomic E-state index is 0.290. The van der Waals surface area contributed by atoms with Gasteiger partial charge in [0.05, 0.1) is 18.3 Å². The maximum Gasteiger partial charge on any atom is 0.325 e. The Morgan fingerprint density at radius 2 is 2.20 bits per heavy atom. The molecule has 1 aliphatic rings. The normalized spacial score (nSPS) is 16.9. The van der Waals surface area contributed by atoms with Crippen LogP contribution in [0.15, 0.2) is 12.3 Å². The molecule has 20 heavy (non-hydrogen) atoms. The molecule has 1 aromatic heterocycles. The second kappa shape index (κ2) is 6.40. The van der Waals surface area contributed by atoms with Crippen molar-refractivity contribution < 1.29 is 14.7 Å². The van der Waals surface area contributed by atoms with E-state index >= 15 is 0 Å². The van der Waals surface area contributed by atoms with Crippen molar-refractivity contribution in [3.63, 3.8) is 0 Å². The molecule has 7 nitrogen and oxygen atoms in total. The summed E-state index contributed by atoms with van der Waals surface area (Å²) >= 11 is 0. The van der Waals surface area contributed by atoms with Gasteiger partial charge in [0, 0.05) is 6.20 Å². The Morgan fingerprint density at radius 3 is 2.85 bits per heavy atom. The summed E-state index contributed by atoms with van der Waals surface area (Å²) < 4.78 is 1.96. The standard InChI is InChI=1S/C13H20N4O3/c1-9(12(18)19)15-13(20)14-8-10-6-7-17(16-10)11-4-2-3-5-11/h6-7,9,11H,2-5,8H2,1H3,(H,18,19)(H2,14,15,20). The maximum atomic E-state index is 11.5. The first-order chi connectivity index (χ1) is 9.56. The third-order valence-electron chi connectivity index (χ3n) is 3.51. The number of hydrogen-bond acceptors (Lipinski definition) is 3. The van der Waals surface area contributed by atoms with Crippen LogP contribution >= 0.6 is 0 Å². The highest BCUT2D eigenvalue weighted by molar-refractivity contribution is 5.82. The van der Waals surface area contributed by atoms with Crippen molar-refractivity contribution >= 4 is 12.0 Å². The van der Waals surface area contributed by atoms with E-state index in [4.69, 9.17) is 5.11 Å². The smallest absolute Gasteiger partial charge is 0.325 e. The molecule has 1 atom stereocenters. The number of urea groups is 1. The van der Waals surface area contributed by atoms with Gasteiger partial charge in [0.15, 0.2) is 0 Å². The fourth-order valence-corrected chi connectivity index (χ4v) is 2.32. The van der Waals surface area contributed by atoms with E-state index in [1.807, 2.05) is 16.9 Å². The number of amides is 2. The van der Waals surface area contributed by atoms with Crippen LogP contribution in [-0.2, 0) is 11.3 Å². The van der Waals surface area contributed by atoms with E-state index in [-0.39, 0.29) is 6.54 Å². The van der Waals surface area contributed by atoms with E-state index in [9.17, 15) is 9.59 Å². The van der Waals surface area contributed by atoms with Gasteiger partial charge in [-0.2, -0.15) is 5.10 Å². The molecule has 1 saturated carbocycles. The van der Waals surface area contributed by atoms with E-state index in [2.05, 4.69) is 15.7 Å². The third-order valence-corrected chi connectivity index (χ3v) is 3.51. The fraction of sp³-hybridized carbons (Fsp3) is 0.615. The van der Waals surface area contributed by atoms with E-state index in [0.29, 0.717) is 6.04 Å². The Hall–Kier alpha value is -2.05. The zero-order chi connectivity index (χ0) is 14.5. The van der Waals surface area contributed by atoms with E-state index < -0.39 is 18.0 Å². The molecule has 0 bridgehead atoms. The Bertz CT molecular complexity index is 480. The van der Waals surface area contributed by atoms with Gasteiger partial charge in [0.25, 0.3) is 0 Å². The van der Waals surface area contributed by atoms with Gasteiger partial charge in [-0.1, -0.05) is 12.8 Å². The number of nitrogens with one attached hydrogen (secondary N) is 2. The summed E-state index contributed by atoms with van der Waals surface area (Å²) in [5, 5.41) is 18.0. The lowest BCUT2D eigenvalue weighted by Gasteiger charge is -2.10. The Morgan fingerprint density at radius 1 is 1.50 bits per heavy atom. The Labute approximate surface area is 117 Å². The largest absolute Gasteiger partial charge is 0.480 e. The van der Waals surface area contributed by atoms with Gasteiger partial charge in [-0.25, -0.2) is 4.79 Å². The van der Waals surface area contributed by atoms with E-state index in [0.717, 1.165) is 18.5 Å². The van der Waals surface area contributed by atoms with Crippen molar-refractivity contribution in [3.05, 3.63) is 18.0 Å². The van der Waals surface area contributed by atoms with Gasteiger partial charge >= 0.3 is 12.0 Å². The zero-order valence-corrected chi connectivity index (χ0v) is 11.5. The van der Waals surface area contributed by atoms with Crippen molar-refractivity contribution in [1.82, 2.24) is 20.4 Å². The first kappa shape index (κ1) is 14.4. The maximum absolute atomic E-state index is 11.5. The molecule has 0 saturated heterocycles. The van der Waals surface area contributed by atoms with Crippen LogP contribution in [0.1, 0.15) is 44.3 Å². The van der Waals surface area contributed by atoms with Crippen LogP contribution in [0, 0.1) is 0 Å². The van der Waals surface area contributed by atoms with Crippen molar-refractivity contribution in [3.8, 4) is 0 Å². The van der Waals surface area contributed by atoms with Crippen LogP contribution in [0.2, 0.25) is 0 Å². The fourth-order valence-electron chi connectivity index (χ4n) is 2.32. The van der Waals surface area contributed by atoms with Crippen molar-refractivity contribution in [1.29, 1.82) is 0 Å². The summed E-state index contributed by atoms with van der Waals surface area (Å²) in [6.45, 7) is 1.70. The molecule has 0 radical (unpaired) electrons. The predicted octanol–water partition coefficient (Wildman–Crippen LogP) is 1.27. The zero-order valence-electron chi connectivity index (χ0n) is 11.5. The molecule has 1 fully saturated rings. The first-order valence-electron chi connectivity index (χ1n) is 6.87. The first-order valence-corrected chi connectivity index (χ1v) is 6.87. The molecular weight excluding hydrogens is 260 g/mol. The molecule has 0 aliphatic heterocycles. The monoisotopic (exact) mass is 280 g/mol. The molecule has 1 unspecified atom stereocenters. The Kier molecular flexibility index (Phi) is 4.60. The van der Waals surface area contributed by atoms with E-state index in [1.165, 1.54) is 19.8 Å². The summed E-state index contributed by atoms with van der Waals surface area (Å²) in [4.78, 5) is 22.1. The van der Waals surface area contributed by atoms with Crippen LogP contribution < -0.4 is 10.6 Å². The van der Waals surface area contributed by atoms with Crippen LogP contribution in [0.5, 0.6) is 0 Å². The number of carboxylic acid groups (broad SMARTS) is 1. The molecule has 1 heterocycles. The minimum Gasteiger partial charge on any atom is -0.480 e. The quantitative estimate of drug-likeness (QED) is 0.756. The number of carboxylic acids is 1. The Balaban J connectivity index is 1.79. The molecule has 3 N–H and O–H groups in total. The molecule has 110 valence electrons. The minimum atomic E-state index is -1.06. The topological polar surface area (TPSA) is 96.3 Å². The summed E-state index contributed by atoms with van der Waals surface area (Å²) in [6, 6.07) is 0.935. The SMILES string of the molecule is CC(NC(=O)NCc1ccn(C2CCCC2)n1)C(=O)O. The van der Waals surface area contributed by atoms with Gasteiger partial charge in [-0.15, -0.1) is 0 Å². The van der Waals surface area contributed by atoms with Gasteiger partial charge in [-0.05, 0) is 25.8 Å². The van der Waals surface area contributed by atoms with Crippen molar-refractivity contribution in [2.24, 2.45) is 0 Å².